The van der Waals surface area contributed by atoms with Gasteiger partial charge < -0.3 is 15.1 Å². The van der Waals surface area contributed by atoms with Gasteiger partial charge in [-0.05, 0) is 55.4 Å². The van der Waals surface area contributed by atoms with Crippen molar-refractivity contribution in [3.63, 3.8) is 0 Å². The predicted molar refractivity (Wildman–Crippen MR) is 116 cm³/mol. The van der Waals surface area contributed by atoms with Crippen LogP contribution in [0.4, 0.5) is 5.69 Å². The van der Waals surface area contributed by atoms with Gasteiger partial charge in [0.25, 0.3) is 5.91 Å². The van der Waals surface area contributed by atoms with E-state index in [9.17, 15) is 15.0 Å². The molecule has 2 saturated carbocycles. The molecule has 0 aromatic heterocycles. The third kappa shape index (κ3) is 2.91. The highest BCUT2D eigenvalue weighted by atomic mass is 16.3. The maximum Gasteiger partial charge on any atom is 0.258 e. The van der Waals surface area contributed by atoms with E-state index >= 15 is 0 Å². The van der Waals surface area contributed by atoms with E-state index in [4.69, 9.17) is 0 Å². The van der Waals surface area contributed by atoms with Crippen LogP contribution in [0.5, 0.6) is 0 Å². The maximum atomic E-state index is 12.8. The van der Waals surface area contributed by atoms with Crippen molar-refractivity contribution >= 4 is 17.2 Å². The van der Waals surface area contributed by atoms with Gasteiger partial charge in [-0.15, -0.1) is 0 Å². The van der Waals surface area contributed by atoms with Crippen molar-refractivity contribution in [1.82, 2.24) is 0 Å². The monoisotopic (exact) mass is 395 g/mol. The molecule has 1 aromatic carbocycles. The standard InChI is InChI=1S/C25H33NO3/c1-16-9-12-21-24(2,14-13-22(28)25(21,3)15-27)19(16)11-10-18-17-7-5-6-8-20(17)26(4)23(18)29/h5-8,10,19,21-22,27-28H,1,9,11-15H2,2-4H3/b18-10-/t19-,21+,22-,24+,25+/m1/s1. The number of hydrogen-bond acceptors (Lipinski definition) is 3. The van der Waals surface area contributed by atoms with Gasteiger partial charge in [0.1, 0.15) is 0 Å². The molecule has 2 aliphatic carbocycles. The summed E-state index contributed by atoms with van der Waals surface area (Å²) in [4.78, 5) is 14.6. The van der Waals surface area contributed by atoms with Crippen LogP contribution in [0.1, 0.15) is 51.5 Å². The lowest BCUT2D eigenvalue weighted by Crippen LogP contribution is -2.57. The molecule has 4 nitrogen and oxygen atoms in total. The zero-order valence-corrected chi connectivity index (χ0v) is 17.8. The third-order valence-electron chi connectivity index (χ3n) is 8.34. The Kier molecular flexibility index (Phi) is 4.99. The summed E-state index contributed by atoms with van der Waals surface area (Å²) in [5, 5.41) is 20.8. The van der Waals surface area contributed by atoms with Gasteiger partial charge in [-0.25, -0.2) is 0 Å². The SMILES string of the molecule is C=C1CC[C@@H]2[C@](C)(CO)[C@H](O)CC[C@@]2(C)[C@@H]1C/C=C1\C(=O)N(C)c2ccccc21. The lowest BCUT2D eigenvalue weighted by Gasteiger charge is -2.59. The summed E-state index contributed by atoms with van der Waals surface area (Å²) in [5.74, 6) is 0.540. The molecule has 0 radical (unpaired) electrons. The fourth-order valence-corrected chi connectivity index (χ4v) is 6.47. The number of aliphatic hydroxyl groups excluding tert-OH is 2. The highest BCUT2D eigenvalue weighted by molar-refractivity contribution is 6.32. The maximum absolute atomic E-state index is 12.8. The molecule has 2 N–H and O–H groups in total. The van der Waals surface area contributed by atoms with Crippen LogP contribution in [-0.2, 0) is 4.79 Å². The lowest BCUT2D eigenvalue weighted by molar-refractivity contribution is -0.151. The van der Waals surface area contributed by atoms with Crippen LogP contribution < -0.4 is 4.90 Å². The second-order valence-electron chi connectivity index (χ2n) is 9.76. The fourth-order valence-electron chi connectivity index (χ4n) is 6.47. The molecular weight excluding hydrogens is 362 g/mol. The van der Waals surface area contributed by atoms with Gasteiger partial charge in [-0.3, -0.25) is 4.79 Å². The number of anilines is 1. The minimum atomic E-state index is -0.477. The summed E-state index contributed by atoms with van der Waals surface area (Å²) in [5.41, 5.74) is 3.48. The summed E-state index contributed by atoms with van der Waals surface area (Å²) >= 11 is 0. The van der Waals surface area contributed by atoms with Crippen molar-refractivity contribution < 1.29 is 15.0 Å². The van der Waals surface area contributed by atoms with Crippen LogP contribution in [0.2, 0.25) is 0 Å². The van der Waals surface area contributed by atoms with E-state index < -0.39 is 11.5 Å². The molecule has 0 bridgehead atoms. The van der Waals surface area contributed by atoms with Crippen molar-refractivity contribution in [2.75, 3.05) is 18.6 Å². The molecule has 0 spiro atoms. The Hall–Kier alpha value is -1.91. The molecule has 1 amide bonds. The van der Waals surface area contributed by atoms with Gasteiger partial charge in [0.2, 0.25) is 0 Å². The highest BCUT2D eigenvalue weighted by Crippen LogP contribution is 2.61. The zero-order chi connectivity index (χ0) is 21.0. The number of fused-ring (bicyclic) bond motifs is 2. The van der Waals surface area contributed by atoms with Crippen LogP contribution in [0.25, 0.3) is 5.57 Å². The second kappa shape index (κ2) is 7.10. The fraction of sp³-hybridized carbons (Fsp3) is 0.560. The van der Waals surface area contributed by atoms with E-state index in [0.29, 0.717) is 6.42 Å². The van der Waals surface area contributed by atoms with E-state index in [2.05, 4.69) is 19.6 Å². The molecule has 1 heterocycles. The van der Waals surface area contributed by atoms with Crippen LogP contribution in [0.3, 0.4) is 0 Å². The van der Waals surface area contributed by atoms with Crippen molar-refractivity contribution in [1.29, 1.82) is 0 Å². The number of para-hydroxylation sites is 1. The summed E-state index contributed by atoms with van der Waals surface area (Å²) in [7, 11) is 1.83. The molecule has 2 fully saturated rings. The highest BCUT2D eigenvalue weighted by Gasteiger charge is 2.57. The Morgan fingerprint density at radius 1 is 1.28 bits per heavy atom. The zero-order valence-electron chi connectivity index (χ0n) is 17.8. The number of aliphatic hydroxyl groups is 2. The topological polar surface area (TPSA) is 60.8 Å². The number of nitrogens with zero attached hydrogens (tertiary/aromatic N) is 1. The van der Waals surface area contributed by atoms with Crippen molar-refractivity contribution in [2.45, 2.75) is 52.1 Å². The number of carbonyl (C=O) groups is 1. The van der Waals surface area contributed by atoms with E-state index in [0.717, 1.165) is 42.5 Å². The van der Waals surface area contributed by atoms with Gasteiger partial charge in [0.05, 0.1) is 18.4 Å². The Balaban J connectivity index is 1.67. The normalized spacial score (nSPS) is 38.3. The molecule has 1 aliphatic heterocycles. The average molecular weight is 396 g/mol. The smallest absolute Gasteiger partial charge is 0.258 e. The number of allylic oxidation sites excluding steroid dienone is 2. The molecule has 29 heavy (non-hydrogen) atoms. The summed E-state index contributed by atoms with van der Waals surface area (Å²) in [6.07, 6.45) is 5.91. The number of likely N-dealkylation sites (N-methyl/N-ethyl adjacent to an activating group) is 1. The van der Waals surface area contributed by atoms with Crippen LogP contribution in [0, 0.1) is 22.7 Å². The number of hydrogen-bond donors (Lipinski definition) is 2. The summed E-state index contributed by atoms with van der Waals surface area (Å²) in [6.45, 7) is 8.75. The quantitative estimate of drug-likeness (QED) is 0.596. The predicted octanol–water partition coefficient (Wildman–Crippen LogP) is 4.18. The minimum Gasteiger partial charge on any atom is -0.396 e. The van der Waals surface area contributed by atoms with Crippen LogP contribution in [0.15, 0.2) is 42.5 Å². The molecule has 1 aromatic rings. The molecule has 5 atom stereocenters. The summed E-state index contributed by atoms with van der Waals surface area (Å²) < 4.78 is 0. The third-order valence-corrected chi connectivity index (χ3v) is 8.34. The molecule has 3 aliphatic rings. The Morgan fingerprint density at radius 3 is 2.72 bits per heavy atom. The molecular formula is C25H33NO3. The average Bonchev–Trinajstić information content (AvgIpc) is 2.95. The van der Waals surface area contributed by atoms with Gasteiger partial charge in [0, 0.05) is 23.6 Å². The number of amides is 1. The molecule has 0 unspecified atom stereocenters. The molecule has 4 heteroatoms. The van der Waals surface area contributed by atoms with Crippen molar-refractivity contribution in [2.24, 2.45) is 22.7 Å². The Bertz CT molecular complexity index is 875. The Labute approximate surface area is 173 Å². The molecule has 0 saturated heterocycles. The van der Waals surface area contributed by atoms with Gasteiger partial charge >= 0.3 is 0 Å². The van der Waals surface area contributed by atoms with Crippen LogP contribution >= 0.6 is 0 Å². The largest absolute Gasteiger partial charge is 0.396 e. The number of carbonyl (C=O) groups excluding carboxylic acids is 1. The lowest BCUT2D eigenvalue weighted by atomic mass is 9.46. The van der Waals surface area contributed by atoms with E-state index in [1.54, 1.807) is 4.90 Å². The molecule has 4 rings (SSSR count). The van der Waals surface area contributed by atoms with Crippen molar-refractivity contribution in [3.8, 4) is 0 Å². The number of rotatable bonds is 3. The second-order valence-corrected chi connectivity index (χ2v) is 9.76. The minimum absolute atomic E-state index is 0.00532. The first kappa shape index (κ1) is 20.4. The van der Waals surface area contributed by atoms with Gasteiger partial charge in [0.15, 0.2) is 0 Å². The molecule has 156 valence electrons. The van der Waals surface area contributed by atoms with Crippen molar-refractivity contribution in [3.05, 3.63) is 48.1 Å². The first-order valence-corrected chi connectivity index (χ1v) is 10.8. The van der Waals surface area contributed by atoms with Gasteiger partial charge in [-0.2, -0.15) is 0 Å². The van der Waals surface area contributed by atoms with E-state index in [1.807, 2.05) is 38.2 Å². The van der Waals surface area contributed by atoms with E-state index in [-0.39, 0.29) is 29.8 Å². The van der Waals surface area contributed by atoms with Gasteiger partial charge in [-0.1, -0.05) is 50.3 Å². The summed E-state index contributed by atoms with van der Waals surface area (Å²) in [6, 6.07) is 7.94. The first-order chi connectivity index (χ1) is 13.7. The van der Waals surface area contributed by atoms with E-state index in [1.165, 1.54) is 5.57 Å². The number of benzene rings is 1. The first-order valence-electron chi connectivity index (χ1n) is 10.8. The van der Waals surface area contributed by atoms with Crippen LogP contribution in [-0.4, -0.2) is 35.9 Å². The Morgan fingerprint density at radius 2 is 2.00 bits per heavy atom.